The number of rotatable bonds is 5. The van der Waals surface area contributed by atoms with Gasteiger partial charge >= 0.3 is 11.8 Å². The Bertz CT molecular complexity index is 1350. The molecule has 166 valence electrons. The van der Waals surface area contributed by atoms with Gasteiger partial charge in [0.2, 0.25) is 5.60 Å². The molecule has 2 aromatic heterocycles. The minimum Gasteiger partial charge on any atom is -0.423 e. The van der Waals surface area contributed by atoms with Crippen LogP contribution in [0.2, 0.25) is 5.02 Å². The number of hydrogen-bond donors (Lipinski definition) is 1. The number of alkyl halides is 3. The molecule has 0 aliphatic rings. The molecule has 0 amide bonds. The Kier molecular flexibility index (Phi) is 5.56. The molecule has 4 aromatic rings. The van der Waals surface area contributed by atoms with Gasteiger partial charge in [0.25, 0.3) is 0 Å². The lowest BCUT2D eigenvalue weighted by atomic mass is 9.96. The molecule has 0 saturated carbocycles. The summed E-state index contributed by atoms with van der Waals surface area (Å²) < 4.78 is 46.3. The maximum absolute atomic E-state index is 13.3. The number of aromatic nitrogens is 3. The number of benzene rings is 2. The summed E-state index contributed by atoms with van der Waals surface area (Å²) >= 11 is 6.07. The molecule has 0 bridgehead atoms. The quantitative estimate of drug-likeness (QED) is 0.425. The molecule has 1 N–H and O–H groups in total. The van der Waals surface area contributed by atoms with Crippen molar-refractivity contribution in [2.24, 2.45) is 0 Å². The number of halogens is 4. The van der Waals surface area contributed by atoms with E-state index in [1.165, 1.54) is 17.7 Å². The van der Waals surface area contributed by atoms with E-state index in [0.29, 0.717) is 27.1 Å². The number of hydrogen-bond acceptors (Lipinski definition) is 5. The summed E-state index contributed by atoms with van der Waals surface area (Å²) in [7, 11) is 0. The molecule has 0 aliphatic carbocycles. The highest BCUT2D eigenvalue weighted by Gasteiger charge is 2.55. The Balaban J connectivity index is 1.69. The summed E-state index contributed by atoms with van der Waals surface area (Å²) in [6.07, 6.45) is -4.42. The zero-order chi connectivity index (χ0) is 23.1. The van der Waals surface area contributed by atoms with Crippen LogP contribution >= 0.6 is 11.6 Å². The third kappa shape index (κ3) is 4.01. The molecule has 1 atom stereocenters. The van der Waals surface area contributed by atoms with Gasteiger partial charge in [-0.15, -0.1) is 5.10 Å². The molecule has 32 heavy (non-hydrogen) atoms. The van der Waals surface area contributed by atoms with Gasteiger partial charge in [-0.25, -0.2) is 9.48 Å². The van der Waals surface area contributed by atoms with Crippen LogP contribution < -0.4 is 5.63 Å². The van der Waals surface area contributed by atoms with Crippen LogP contribution in [0.3, 0.4) is 0 Å². The van der Waals surface area contributed by atoms with Crippen LogP contribution in [-0.2, 0) is 12.1 Å². The summed E-state index contributed by atoms with van der Waals surface area (Å²) in [6, 6.07) is 13.5. The van der Waals surface area contributed by atoms with Gasteiger partial charge in [0.05, 0.1) is 12.7 Å². The molecular formula is C22H17ClF3N3O3. The van der Waals surface area contributed by atoms with E-state index >= 15 is 0 Å². The van der Waals surface area contributed by atoms with Crippen LogP contribution in [0.15, 0.2) is 63.9 Å². The number of nitrogens with zero attached hydrogens (tertiary/aromatic N) is 3. The average molecular weight is 464 g/mol. The van der Waals surface area contributed by atoms with Crippen LogP contribution in [0.4, 0.5) is 13.2 Å². The molecule has 6 nitrogen and oxygen atoms in total. The molecule has 1 unspecified atom stereocenters. The molecule has 4 rings (SSSR count). The maximum Gasteiger partial charge on any atom is 0.423 e. The predicted octanol–water partition coefficient (Wildman–Crippen LogP) is 4.91. The first-order chi connectivity index (χ1) is 15.1. The van der Waals surface area contributed by atoms with E-state index in [4.69, 9.17) is 16.0 Å². The predicted molar refractivity (Wildman–Crippen MR) is 112 cm³/mol. The molecule has 0 radical (unpaired) electrons. The Morgan fingerprint density at radius 1 is 1.16 bits per heavy atom. The van der Waals surface area contributed by atoms with Crippen molar-refractivity contribution >= 4 is 22.6 Å². The van der Waals surface area contributed by atoms with Crippen LogP contribution in [-0.4, -0.2) is 26.3 Å². The first-order valence-electron chi connectivity index (χ1n) is 9.63. The molecule has 0 spiro atoms. The minimum absolute atomic E-state index is 0.0612. The smallest absolute Gasteiger partial charge is 0.423 e. The van der Waals surface area contributed by atoms with Gasteiger partial charge in [0, 0.05) is 16.5 Å². The van der Waals surface area contributed by atoms with Crippen molar-refractivity contribution in [3.05, 3.63) is 81.4 Å². The van der Waals surface area contributed by atoms with Crippen molar-refractivity contribution < 1.29 is 22.7 Å². The summed E-state index contributed by atoms with van der Waals surface area (Å²) in [5.74, 6) is 0. The Hall–Kier alpha value is -3.17. The number of fused-ring (bicyclic) bond motifs is 1. The van der Waals surface area contributed by atoms with Gasteiger partial charge < -0.3 is 9.52 Å². The van der Waals surface area contributed by atoms with Gasteiger partial charge in [-0.1, -0.05) is 48.0 Å². The SMILES string of the molecule is CCC(O)(c1cn(Cc2ccc3c(-c4cccc(Cl)c4)cc(=O)oc3c2)nn1)C(F)(F)F. The molecule has 0 saturated heterocycles. The van der Waals surface area contributed by atoms with Gasteiger partial charge in [0.15, 0.2) is 0 Å². The van der Waals surface area contributed by atoms with Crippen molar-refractivity contribution in [2.45, 2.75) is 31.7 Å². The van der Waals surface area contributed by atoms with E-state index in [1.807, 2.05) is 6.07 Å². The van der Waals surface area contributed by atoms with Crippen molar-refractivity contribution in [1.29, 1.82) is 0 Å². The monoisotopic (exact) mass is 463 g/mol. The Morgan fingerprint density at radius 2 is 1.94 bits per heavy atom. The van der Waals surface area contributed by atoms with E-state index < -0.39 is 29.5 Å². The van der Waals surface area contributed by atoms with Crippen molar-refractivity contribution in [2.75, 3.05) is 0 Å². The fraction of sp³-hybridized carbons (Fsp3) is 0.227. The molecule has 2 heterocycles. The van der Waals surface area contributed by atoms with Gasteiger partial charge in [-0.3, -0.25) is 0 Å². The van der Waals surface area contributed by atoms with E-state index in [1.54, 1.807) is 36.4 Å². The second-order valence-electron chi connectivity index (χ2n) is 7.33. The third-order valence-electron chi connectivity index (χ3n) is 5.23. The van der Waals surface area contributed by atoms with E-state index in [2.05, 4.69) is 10.3 Å². The highest BCUT2D eigenvalue weighted by atomic mass is 35.5. The second kappa shape index (κ2) is 8.07. The topological polar surface area (TPSA) is 81.2 Å². The summed E-state index contributed by atoms with van der Waals surface area (Å²) in [5, 5.41) is 18.5. The molecule has 0 fully saturated rings. The van der Waals surface area contributed by atoms with Crippen molar-refractivity contribution in [3.8, 4) is 11.1 Å². The van der Waals surface area contributed by atoms with Gasteiger partial charge in [0.1, 0.15) is 11.3 Å². The largest absolute Gasteiger partial charge is 0.423 e. The fourth-order valence-electron chi connectivity index (χ4n) is 3.48. The minimum atomic E-state index is -4.88. The first-order valence-corrected chi connectivity index (χ1v) is 10.0. The average Bonchev–Trinajstić information content (AvgIpc) is 3.20. The zero-order valence-electron chi connectivity index (χ0n) is 16.7. The van der Waals surface area contributed by atoms with E-state index in [9.17, 15) is 23.1 Å². The van der Waals surface area contributed by atoms with E-state index in [0.717, 1.165) is 11.8 Å². The van der Waals surface area contributed by atoms with Gasteiger partial charge in [-0.05, 0) is 41.3 Å². The van der Waals surface area contributed by atoms with Gasteiger partial charge in [-0.2, -0.15) is 13.2 Å². The van der Waals surface area contributed by atoms with Crippen LogP contribution in [0.5, 0.6) is 0 Å². The van der Waals surface area contributed by atoms with Crippen molar-refractivity contribution in [1.82, 2.24) is 15.0 Å². The Labute approximate surface area is 184 Å². The standard InChI is InChI=1S/C22H17ClF3N3O3/c1-2-21(31,22(24,25)26)19-12-29(28-27-19)11-13-6-7-16-17(10-20(30)32-18(16)8-13)14-4-3-5-15(23)9-14/h3-10,12,31H,2,11H2,1H3. The summed E-state index contributed by atoms with van der Waals surface area (Å²) in [6.45, 7) is 1.28. The maximum atomic E-state index is 13.3. The molecule has 0 aliphatic heterocycles. The van der Waals surface area contributed by atoms with Crippen molar-refractivity contribution in [3.63, 3.8) is 0 Å². The highest BCUT2D eigenvalue weighted by Crippen LogP contribution is 2.40. The Morgan fingerprint density at radius 3 is 2.62 bits per heavy atom. The second-order valence-corrected chi connectivity index (χ2v) is 7.77. The lowest BCUT2D eigenvalue weighted by Gasteiger charge is -2.26. The lowest BCUT2D eigenvalue weighted by molar-refractivity contribution is -0.269. The number of aliphatic hydroxyl groups is 1. The van der Waals surface area contributed by atoms with Crippen LogP contribution in [0, 0.1) is 0 Å². The van der Waals surface area contributed by atoms with Crippen LogP contribution in [0.25, 0.3) is 22.1 Å². The third-order valence-corrected chi connectivity index (χ3v) is 5.47. The summed E-state index contributed by atoms with van der Waals surface area (Å²) in [4.78, 5) is 12.1. The molecule has 10 heteroatoms. The molecular weight excluding hydrogens is 447 g/mol. The first kappa shape index (κ1) is 22.0. The van der Waals surface area contributed by atoms with Crippen LogP contribution in [0.1, 0.15) is 24.6 Å². The fourth-order valence-corrected chi connectivity index (χ4v) is 3.67. The normalized spacial score (nSPS) is 13.9. The molecule has 2 aromatic carbocycles. The van der Waals surface area contributed by atoms with E-state index in [-0.39, 0.29) is 6.54 Å². The highest BCUT2D eigenvalue weighted by molar-refractivity contribution is 6.30. The lowest BCUT2D eigenvalue weighted by Crippen LogP contribution is -2.42. The summed E-state index contributed by atoms with van der Waals surface area (Å²) in [5.41, 5.74) is -1.89. The zero-order valence-corrected chi connectivity index (χ0v) is 17.5.